The van der Waals surface area contributed by atoms with Crippen LogP contribution >= 0.6 is 0 Å². The van der Waals surface area contributed by atoms with Crippen LogP contribution in [0.15, 0.2) is 18.2 Å². The zero-order valence-electron chi connectivity index (χ0n) is 21.8. The van der Waals surface area contributed by atoms with Gasteiger partial charge in [0.1, 0.15) is 5.82 Å². The molecule has 6 heteroatoms. The van der Waals surface area contributed by atoms with E-state index in [-0.39, 0.29) is 23.7 Å². The van der Waals surface area contributed by atoms with E-state index in [1.54, 1.807) is 0 Å². The van der Waals surface area contributed by atoms with Crippen molar-refractivity contribution in [3.63, 3.8) is 0 Å². The molecule has 0 radical (unpaired) electrons. The van der Waals surface area contributed by atoms with Crippen LogP contribution in [0, 0.1) is 52.2 Å². The molecule has 194 valence electrons. The van der Waals surface area contributed by atoms with Crippen LogP contribution in [0.3, 0.4) is 0 Å². The highest BCUT2D eigenvalue weighted by Crippen LogP contribution is 2.68. The number of nitrogen functional groups attached to an aromatic ring is 1. The molecule has 1 aromatic rings. The number of carbonyl (C=O) groups is 1. The van der Waals surface area contributed by atoms with Crippen molar-refractivity contribution in [2.24, 2.45) is 52.2 Å². The molecule has 1 aromatic carbocycles. The van der Waals surface area contributed by atoms with Crippen LogP contribution in [0.5, 0.6) is 0 Å². The Morgan fingerprint density at radius 3 is 2.71 bits per heavy atom. The number of methoxy groups -OCH3 is 1. The maximum atomic E-state index is 13.8. The van der Waals surface area contributed by atoms with Crippen LogP contribution in [0.25, 0.3) is 0 Å². The topological polar surface area (TPSA) is 81.6 Å². The number of anilines is 2. The van der Waals surface area contributed by atoms with Gasteiger partial charge in [0.05, 0.1) is 24.5 Å². The number of nitrogens with zero attached hydrogens (tertiary/aromatic N) is 1. The Balaban J connectivity index is 1.34. The summed E-state index contributed by atoms with van der Waals surface area (Å²) in [6, 6.07) is 4.13. The Hall–Kier alpha value is -1.66. The SMILES string of the molecule is COCC12CCC(C)C[C@H]1CCC1C3CCC(C(=O)CN(N)c4cc(F)ccc4N)C3(C)CCC12. The van der Waals surface area contributed by atoms with Gasteiger partial charge in [-0.05, 0) is 104 Å². The Bertz CT molecular complexity index is 956. The van der Waals surface area contributed by atoms with Crippen molar-refractivity contribution in [1.29, 1.82) is 0 Å². The van der Waals surface area contributed by atoms with E-state index in [0.717, 1.165) is 43.6 Å². The molecule has 0 saturated heterocycles. The van der Waals surface area contributed by atoms with E-state index in [1.807, 2.05) is 7.11 Å². The first-order valence-electron chi connectivity index (χ1n) is 13.8. The molecule has 4 aliphatic rings. The summed E-state index contributed by atoms with van der Waals surface area (Å²) in [5, 5.41) is 1.34. The minimum absolute atomic E-state index is 0.0109. The molecule has 7 unspecified atom stereocenters. The van der Waals surface area contributed by atoms with E-state index in [2.05, 4.69) is 13.8 Å². The number of carbonyl (C=O) groups excluding carboxylic acids is 1. The lowest BCUT2D eigenvalue weighted by Gasteiger charge is -2.62. The van der Waals surface area contributed by atoms with Crippen LogP contribution in [0.4, 0.5) is 15.8 Å². The van der Waals surface area contributed by atoms with Crippen LogP contribution < -0.4 is 16.6 Å². The van der Waals surface area contributed by atoms with Crippen LogP contribution in [0.1, 0.15) is 71.6 Å². The minimum atomic E-state index is -0.402. The third kappa shape index (κ3) is 4.09. The zero-order chi connectivity index (χ0) is 25.0. The summed E-state index contributed by atoms with van der Waals surface area (Å²) in [5.41, 5.74) is 7.14. The zero-order valence-corrected chi connectivity index (χ0v) is 21.8. The lowest BCUT2D eigenvalue weighted by molar-refractivity contribution is -0.154. The number of Topliss-reactive ketones (excluding diaryl/α,β-unsaturated/α-hetero) is 1. The first kappa shape index (κ1) is 25.0. The second-order valence-electron chi connectivity index (χ2n) is 12.7. The van der Waals surface area contributed by atoms with Crippen molar-refractivity contribution in [2.45, 2.75) is 71.6 Å². The molecule has 0 spiro atoms. The quantitative estimate of drug-likeness (QED) is 0.312. The molecule has 8 atom stereocenters. The van der Waals surface area contributed by atoms with Crippen LogP contribution in [-0.2, 0) is 9.53 Å². The molecule has 0 aromatic heterocycles. The molecule has 0 heterocycles. The molecule has 35 heavy (non-hydrogen) atoms. The van der Waals surface area contributed by atoms with Gasteiger partial charge in [0.15, 0.2) is 5.78 Å². The standard InChI is InChI=1S/C29H44FN3O2/c1-18-10-13-29(17-35-3)19(14-18)4-6-21-22-7-8-24(28(22,2)12-11-23(21)29)27(34)16-33(32)26-15-20(30)5-9-25(26)31/h5,9,15,18-19,21-24H,4,6-8,10-14,16-17,31-32H2,1-3H3/t18?,19-,21?,22?,23?,24?,28?,29?/m1/s1. The number of hydrazine groups is 1. The van der Waals surface area contributed by atoms with Gasteiger partial charge in [-0.2, -0.15) is 0 Å². The molecule has 0 bridgehead atoms. The Morgan fingerprint density at radius 2 is 1.94 bits per heavy atom. The van der Waals surface area contributed by atoms with Crippen LogP contribution in [-0.4, -0.2) is 26.0 Å². The second kappa shape index (κ2) is 9.33. The van der Waals surface area contributed by atoms with Crippen molar-refractivity contribution in [1.82, 2.24) is 0 Å². The molecule has 0 amide bonds. The van der Waals surface area contributed by atoms with E-state index < -0.39 is 5.82 Å². The normalized spacial score (nSPS) is 40.5. The van der Waals surface area contributed by atoms with Gasteiger partial charge in [0.25, 0.3) is 0 Å². The number of fused-ring (bicyclic) bond motifs is 5. The van der Waals surface area contributed by atoms with Crippen LogP contribution in [0.2, 0.25) is 0 Å². The van der Waals surface area contributed by atoms with Crippen molar-refractivity contribution in [2.75, 3.05) is 31.0 Å². The highest BCUT2D eigenvalue weighted by molar-refractivity contribution is 5.87. The van der Waals surface area contributed by atoms with E-state index in [9.17, 15) is 9.18 Å². The van der Waals surface area contributed by atoms with Gasteiger partial charge in [0, 0.05) is 19.1 Å². The Kier molecular flexibility index (Phi) is 6.67. The third-order valence-corrected chi connectivity index (χ3v) is 11.1. The lowest BCUT2D eigenvalue weighted by atomic mass is 9.44. The van der Waals surface area contributed by atoms with Gasteiger partial charge in [-0.25, -0.2) is 10.2 Å². The van der Waals surface area contributed by atoms with Gasteiger partial charge in [-0.1, -0.05) is 20.3 Å². The average molecular weight is 486 g/mol. The van der Waals surface area contributed by atoms with E-state index >= 15 is 0 Å². The number of rotatable bonds is 6. The monoisotopic (exact) mass is 485 g/mol. The van der Waals surface area contributed by atoms with Crippen molar-refractivity contribution < 1.29 is 13.9 Å². The molecular formula is C29H44FN3O2. The van der Waals surface area contributed by atoms with Crippen molar-refractivity contribution in [3.05, 3.63) is 24.0 Å². The lowest BCUT2D eigenvalue weighted by Crippen LogP contribution is -2.56. The number of hydrogen-bond acceptors (Lipinski definition) is 5. The predicted octanol–water partition coefficient (Wildman–Crippen LogP) is 5.58. The summed E-state index contributed by atoms with van der Waals surface area (Å²) in [4.78, 5) is 13.6. The summed E-state index contributed by atoms with van der Waals surface area (Å²) in [5.74, 6) is 9.65. The molecule has 4 N–H and O–H groups in total. The summed E-state index contributed by atoms with van der Waals surface area (Å²) >= 11 is 0. The number of ether oxygens (including phenoxy) is 1. The molecule has 4 saturated carbocycles. The Labute approximate surface area is 210 Å². The first-order chi connectivity index (χ1) is 16.7. The highest BCUT2D eigenvalue weighted by Gasteiger charge is 2.62. The van der Waals surface area contributed by atoms with E-state index in [0.29, 0.717) is 28.6 Å². The fourth-order valence-electron chi connectivity index (χ4n) is 9.47. The van der Waals surface area contributed by atoms with Gasteiger partial charge < -0.3 is 15.5 Å². The maximum absolute atomic E-state index is 13.8. The molecule has 4 aliphatic carbocycles. The van der Waals surface area contributed by atoms with E-state index in [4.69, 9.17) is 16.3 Å². The summed E-state index contributed by atoms with van der Waals surface area (Å²) in [7, 11) is 1.88. The molecular weight excluding hydrogens is 441 g/mol. The third-order valence-electron chi connectivity index (χ3n) is 11.1. The predicted molar refractivity (Wildman–Crippen MR) is 138 cm³/mol. The fraction of sp³-hybridized carbons (Fsp3) is 0.759. The number of nitrogens with two attached hydrogens (primary N) is 2. The molecule has 5 rings (SSSR count). The summed E-state index contributed by atoms with van der Waals surface area (Å²) in [6.45, 7) is 5.77. The fourth-order valence-corrected chi connectivity index (χ4v) is 9.47. The molecule has 4 fully saturated rings. The summed E-state index contributed by atoms with van der Waals surface area (Å²) < 4.78 is 19.7. The van der Waals surface area contributed by atoms with Crippen molar-refractivity contribution >= 4 is 17.2 Å². The van der Waals surface area contributed by atoms with Gasteiger partial charge in [-0.15, -0.1) is 0 Å². The van der Waals surface area contributed by atoms with Gasteiger partial charge in [0.2, 0.25) is 0 Å². The largest absolute Gasteiger partial charge is 0.397 e. The van der Waals surface area contributed by atoms with Crippen molar-refractivity contribution in [3.8, 4) is 0 Å². The van der Waals surface area contributed by atoms with E-state index in [1.165, 1.54) is 61.7 Å². The number of halogens is 1. The van der Waals surface area contributed by atoms with Gasteiger partial charge >= 0.3 is 0 Å². The smallest absolute Gasteiger partial charge is 0.157 e. The average Bonchev–Trinajstić information content (AvgIpc) is 3.18. The number of ketones is 1. The first-order valence-corrected chi connectivity index (χ1v) is 13.8. The minimum Gasteiger partial charge on any atom is -0.397 e. The van der Waals surface area contributed by atoms with Gasteiger partial charge in [-0.3, -0.25) is 4.79 Å². The summed E-state index contributed by atoms with van der Waals surface area (Å²) in [6.07, 6.45) is 11.0. The molecule has 5 nitrogen and oxygen atoms in total. The number of hydrogen-bond donors (Lipinski definition) is 2. The molecule has 0 aliphatic heterocycles. The number of benzene rings is 1. The Morgan fingerprint density at radius 1 is 1.14 bits per heavy atom. The second-order valence-corrected chi connectivity index (χ2v) is 12.7. The maximum Gasteiger partial charge on any atom is 0.157 e. The highest BCUT2D eigenvalue weighted by atomic mass is 19.1.